The first-order valence-corrected chi connectivity index (χ1v) is 8.77. The molecule has 1 aliphatic carbocycles. The average Bonchev–Trinajstić information content (AvgIpc) is 3.15. The molecule has 0 aliphatic heterocycles. The summed E-state index contributed by atoms with van der Waals surface area (Å²) in [4.78, 5) is 65.5. The number of methoxy groups -OCH3 is 2. The minimum atomic E-state index is -1.01. The first-order chi connectivity index (χ1) is 13.3. The zero-order valence-corrected chi connectivity index (χ0v) is 15.8. The minimum absolute atomic E-state index is 0.0275. The van der Waals surface area contributed by atoms with E-state index in [2.05, 4.69) is 9.72 Å². The zero-order chi connectivity index (χ0) is 20.6. The van der Waals surface area contributed by atoms with Crippen LogP contribution in [0.5, 0.6) is 0 Å². The number of Topliss-reactive ketones (excluding diaryl/α,β-unsaturated/α-hetero) is 2. The van der Waals surface area contributed by atoms with E-state index >= 15 is 0 Å². The van der Waals surface area contributed by atoms with Crippen LogP contribution in [0.2, 0.25) is 0 Å². The van der Waals surface area contributed by atoms with Gasteiger partial charge in [-0.05, 0) is 19.1 Å². The molecule has 2 aromatic rings. The molecular formula is C18H13NO8S. The van der Waals surface area contributed by atoms with Crippen LogP contribution in [0.1, 0.15) is 58.3 Å². The highest BCUT2D eigenvalue weighted by Crippen LogP contribution is 2.41. The third-order valence-corrected chi connectivity index (χ3v) is 5.05. The standard InChI is InChI=1S/C18H13NO8S/c1-4-27-18(24)10-6-8-13(20)14(21)12-11(15(8)28-10)7(16(22)25-2)5-9(19-12)17(23)26-3/h5-6H,4H2,1-3H3. The van der Waals surface area contributed by atoms with Gasteiger partial charge < -0.3 is 14.2 Å². The number of hydrogen-bond donors (Lipinski definition) is 0. The fourth-order valence-corrected chi connectivity index (χ4v) is 3.81. The van der Waals surface area contributed by atoms with Gasteiger partial charge in [-0.25, -0.2) is 19.4 Å². The van der Waals surface area contributed by atoms with E-state index in [1.807, 2.05) is 0 Å². The number of carbonyl (C=O) groups is 5. The van der Waals surface area contributed by atoms with Crippen molar-refractivity contribution in [2.45, 2.75) is 6.92 Å². The molecule has 0 atom stereocenters. The molecule has 10 heteroatoms. The van der Waals surface area contributed by atoms with Gasteiger partial charge in [-0.3, -0.25) is 9.59 Å². The maximum atomic E-state index is 12.6. The van der Waals surface area contributed by atoms with Crippen molar-refractivity contribution in [3.8, 4) is 10.4 Å². The Morgan fingerprint density at radius 2 is 1.68 bits per heavy atom. The van der Waals surface area contributed by atoms with Crippen molar-refractivity contribution in [2.24, 2.45) is 0 Å². The molecule has 0 bridgehead atoms. The highest BCUT2D eigenvalue weighted by molar-refractivity contribution is 7.18. The number of pyridine rings is 1. The largest absolute Gasteiger partial charge is 0.465 e. The van der Waals surface area contributed by atoms with E-state index in [0.29, 0.717) is 0 Å². The van der Waals surface area contributed by atoms with Crippen LogP contribution < -0.4 is 0 Å². The van der Waals surface area contributed by atoms with Gasteiger partial charge in [0.05, 0.1) is 26.4 Å². The van der Waals surface area contributed by atoms with E-state index < -0.39 is 29.5 Å². The van der Waals surface area contributed by atoms with Crippen LogP contribution in [0.4, 0.5) is 0 Å². The Morgan fingerprint density at radius 3 is 2.29 bits per heavy atom. The third-order valence-electron chi connectivity index (χ3n) is 3.92. The van der Waals surface area contributed by atoms with Crippen molar-refractivity contribution in [2.75, 3.05) is 20.8 Å². The smallest absolute Gasteiger partial charge is 0.356 e. The number of esters is 3. The van der Waals surface area contributed by atoms with Gasteiger partial charge in [0.15, 0.2) is 0 Å². The number of aromatic nitrogens is 1. The quantitative estimate of drug-likeness (QED) is 0.427. The molecule has 144 valence electrons. The zero-order valence-electron chi connectivity index (χ0n) is 15.0. The van der Waals surface area contributed by atoms with Gasteiger partial charge in [-0.15, -0.1) is 11.3 Å². The number of nitrogens with zero attached hydrogens (tertiary/aromatic N) is 1. The topological polar surface area (TPSA) is 126 Å². The van der Waals surface area contributed by atoms with Crippen molar-refractivity contribution in [3.05, 3.63) is 39.5 Å². The molecule has 2 aromatic heterocycles. The lowest BCUT2D eigenvalue weighted by molar-refractivity contribution is 0.0529. The maximum absolute atomic E-state index is 12.6. The van der Waals surface area contributed by atoms with Gasteiger partial charge in [0.2, 0.25) is 5.78 Å². The number of thiophene rings is 1. The number of carbonyl (C=O) groups excluding carboxylic acids is 5. The Hall–Kier alpha value is -3.40. The fraction of sp³-hybridized carbons (Fsp3) is 0.222. The summed E-state index contributed by atoms with van der Waals surface area (Å²) in [5.41, 5.74) is -0.860. The molecule has 0 unspecified atom stereocenters. The summed E-state index contributed by atoms with van der Waals surface area (Å²) in [5.74, 6) is -4.31. The second-order valence-corrected chi connectivity index (χ2v) is 6.55. The lowest BCUT2D eigenvalue weighted by Gasteiger charge is -2.17. The molecule has 0 aromatic carbocycles. The normalized spacial score (nSPS) is 12.1. The predicted molar refractivity (Wildman–Crippen MR) is 94.8 cm³/mol. The SMILES string of the molecule is CCOC(=O)c1cc2c(s1)-c1c(C(=O)OC)cc(C(=O)OC)nc1C(=O)C2=O. The monoisotopic (exact) mass is 403 g/mol. The van der Waals surface area contributed by atoms with E-state index in [-0.39, 0.29) is 44.4 Å². The molecular weight excluding hydrogens is 390 g/mol. The van der Waals surface area contributed by atoms with E-state index in [0.717, 1.165) is 31.6 Å². The molecule has 28 heavy (non-hydrogen) atoms. The molecule has 0 saturated heterocycles. The van der Waals surface area contributed by atoms with Crippen molar-refractivity contribution >= 4 is 40.8 Å². The van der Waals surface area contributed by atoms with E-state index in [4.69, 9.17) is 9.47 Å². The highest BCUT2D eigenvalue weighted by Gasteiger charge is 2.38. The van der Waals surface area contributed by atoms with Gasteiger partial charge in [0.25, 0.3) is 5.78 Å². The lowest BCUT2D eigenvalue weighted by atomic mass is 9.89. The molecule has 9 nitrogen and oxygen atoms in total. The van der Waals surface area contributed by atoms with Crippen molar-refractivity contribution in [1.82, 2.24) is 4.98 Å². The van der Waals surface area contributed by atoms with E-state index in [1.165, 1.54) is 6.07 Å². The Kier molecular flexibility index (Phi) is 5.06. The second kappa shape index (κ2) is 7.31. The Morgan fingerprint density at radius 1 is 1.00 bits per heavy atom. The molecule has 0 N–H and O–H groups in total. The van der Waals surface area contributed by atoms with Crippen LogP contribution in [0.3, 0.4) is 0 Å². The van der Waals surface area contributed by atoms with Crippen molar-refractivity contribution < 1.29 is 38.2 Å². The first-order valence-electron chi connectivity index (χ1n) is 7.96. The predicted octanol–water partition coefficient (Wildman–Crippen LogP) is 1.94. The van der Waals surface area contributed by atoms with Crippen LogP contribution in [0, 0.1) is 0 Å². The van der Waals surface area contributed by atoms with Gasteiger partial charge in [-0.1, -0.05) is 0 Å². The summed E-state index contributed by atoms with van der Waals surface area (Å²) in [7, 11) is 2.24. The molecule has 0 fully saturated rings. The number of ketones is 2. The van der Waals surface area contributed by atoms with E-state index in [9.17, 15) is 24.0 Å². The maximum Gasteiger partial charge on any atom is 0.356 e. The molecule has 1 aliphatic rings. The van der Waals surface area contributed by atoms with Gasteiger partial charge >= 0.3 is 17.9 Å². The summed E-state index contributed by atoms with van der Waals surface area (Å²) >= 11 is 0.882. The van der Waals surface area contributed by atoms with Crippen molar-refractivity contribution in [3.63, 3.8) is 0 Å². The van der Waals surface area contributed by atoms with Crippen LogP contribution in [-0.4, -0.2) is 55.3 Å². The number of fused-ring (bicyclic) bond motifs is 3. The van der Waals surface area contributed by atoms with Crippen LogP contribution >= 0.6 is 11.3 Å². The summed E-state index contributed by atoms with van der Waals surface area (Å²) in [6.07, 6.45) is 0. The lowest BCUT2D eigenvalue weighted by Crippen LogP contribution is -2.25. The number of ether oxygens (including phenoxy) is 3. The van der Waals surface area contributed by atoms with E-state index in [1.54, 1.807) is 6.92 Å². The summed E-state index contributed by atoms with van der Waals surface area (Å²) in [6.45, 7) is 1.76. The summed E-state index contributed by atoms with van der Waals surface area (Å²) in [5, 5.41) is 0. The Labute approximate surface area is 162 Å². The molecule has 2 heterocycles. The number of rotatable bonds is 4. The van der Waals surface area contributed by atoms with Gasteiger partial charge in [-0.2, -0.15) is 0 Å². The minimum Gasteiger partial charge on any atom is -0.465 e. The van der Waals surface area contributed by atoms with Crippen molar-refractivity contribution in [1.29, 1.82) is 0 Å². The first kappa shape index (κ1) is 19.4. The summed E-state index contributed by atoms with van der Waals surface area (Å²) < 4.78 is 14.2. The third kappa shape index (κ3) is 2.97. The molecule has 0 saturated carbocycles. The summed E-state index contributed by atoms with van der Waals surface area (Å²) in [6, 6.07) is 2.36. The fourth-order valence-electron chi connectivity index (χ4n) is 2.70. The molecule has 0 radical (unpaired) electrons. The van der Waals surface area contributed by atoms with Gasteiger partial charge in [0, 0.05) is 16.0 Å². The second-order valence-electron chi connectivity index (χ2n) is 5.49. The van der Waals surface area contributed by atoms with Gasteiger partial charge in [0.1, 0.15) is 16.3 Å². The Bertz CT molecular complexity index is 1050. The van der Waals surface area contributed by atoms with Crippen LogP contribution in [-0.2, 0) is 14.2 Å². The average molecular weight is 403 g/mol. The molecule has 0 amide bonds. The highest BCUT2D eigenvalue weighted by atomic mass is 32.1. The van der Waals surface area contributed by atoms with Crippen LogP contribution in [0.15, 0.2) is 12.1 Å². The Balaban J connectivity index is 2.32. The molecule has 0 spiro atoms. The van der Waals surface area contributed by atoms with Crippen LogP contribution in [0.25, 0.3) is 10.4 Å². The number of hydrogen-bond acceptors (Lipinski definition) is 10. The molecule has 3 rings (SSSR count).